The quantitative estimate of drug-likeness (QED) is 0.697. The van der Waals surface area contributed by atoms with Gasteiger partial charge in [-0.25, -0.2) is 4.98 Å². The zero-order valence-electron chi connectivity index (χ0n) is 9.09. The number of pyridine rings is 1. The molecule has 0 radical (unpaired) electrons. The molecule has 0 amide bonds. The number of hydrogen-bond acceptors (Lipinski definition) is 4. The van der Waals surface area contributed by atoms with E-state index < -0.39 is 11.7 Å². The summed E-state index contributed by atoms with van der Waals surface area (Å²) in [5.41, 5.74) is 4.47. The Morgan fingerprint density at radius 3 is 2.59 bits per heavy atom. The van der Waals surface area contributed by atoms with Crippen LogP contribution in [0.4, 0.5) is 24.8 Å². The number of halogens is 3. The molecular weight excluding hydrogens is 235 g/mol. The van der Waals surface area contributed by atoms with Crippen LogP contribution in [0.2, 0.25) is 0 Å². The first kappa shape index (κ1) is 13.6. The number of aliphatic hydroxyl groups excluding tert-OH is 1. The fourth-order valence-electron chi connectivity index (χ4n) is 1.26. The van der Waals surface area contributed by atoms with Gasteiger partial charge in [-0.05, 0) is 25.0 Å². The highest BCUT2D eigenvalue weighted by molar-refractivity contribution is 5.47. The zero-order chi connectivity index (χ0) is 12.9. The van der Waals surface area contributed by atoms with Gasteiger partial charge < -0.3 is 16.2 Å². The molecule has 0 unspecified atom stereocenters. The third-order valence-electron chi connectivity index (χ3n) is 2.06. The van der Waals surface area contributed by atoms with Crippen molar-refractivity contribution in [2.24, 2.45) is 0 Å². The minimum Gasteiger partial charge on any atom is -0.396 e. The number of aliphatic hydroxyl groups is 1. The van der Waals surface area contributed by atoms with Gasteiger partial charge in [-0.1, -0.05) is 0 Å². The van der Waals surface area contributed by atoms with Gasteiger partial charge in [0.05, 0.1) is 5.56 Å². The molecule has 1 heterocycles. The number of unbranched alkanes of at least 4 members (excludes halogenated alkanes) is 1. The summed E-state index contributed by atoms with van der Waals surface area (Å²) in [5, 5.41) is 11.3. The van der Waals surface area contributed by atoms with E-state index >= 15 is 0 Å². The number of alkyl halides is 3. The third-order valence-corrected chi connectivity index (χ3v) is 2.06. The molecule has 96 valence electrons. The van der Waals surface area contributed by atoms with Crippen LogP contribution in [0.1, 0.15) is 18.4 Å². The number of nitrogens with two attached hydrogens (primary N) is 1. The molecule has 1 aromatic heterocycles. The SMILES string of the molecule is Nc1cc(C(F)(F)F)cc(NCCCCO)n1. The molecule has 17 heavy (non-hydrogen) atoms. The van der Waals surface area contributed by atoms with E-state index in [0.717, 1.165) is 12.1 Å². The lowest BCUT2D eigenvalue weighted by Gasteiger charge is -2.10. The standard InChI is InChI=1S/C10H14F3N3O/c11-10(12,13)7-5-8(14)16-9(6-7)15-3-1-2-4-17/h5-6,17H,1-4H2,(H3,14,15,16). The molecule has 0 bridgehead atoms. The minimum absolute atomic E-state index is 0.0554. The number of nitrogens with zero attached hydrogens (tertiary/aromatic N) is 1. The Kier molecular flexibility index (Phi) is 4.56. The Balaban J connectivity index is 2.69. The predicted molar refractivity (Wildman–Crippen MR) is 58.5 cm³/mol. The van der Waals surface area contributed by atoms with Crippen LogP contribution in [0, 0.1) is 0 Å². The molecule has 4 N–H and O–H groups in total. The second-order valence-corrected chi connectivity index (χ2v) is 3.52. The summed E-state index contributed by atoms with van der Waals surface area (Å²) in [5.74, 6) is -0.0836. The van der Waals surface area contributed by atoms with Gasteiger partial charge in [-0.3, -0.25) is 0 Å². The molecule has 0 atom stereocenters. The van der Waals surface area contributed by atoms with Gasteiger partial charge in [0.25, 0.3) is 0 Å². The molecule has 7 heteroatoms. The van der Waals surface area contributed by atoms with E-state index in [4.69, 9.17) is 10.8 Å². The fraction of sp³-hybridized carbons (Fsp3) is 0.500. The summed E-state index contributed by atoms with van der Waals surface area (Å²) < 4.78 is 37.3. The number of anilines is 2. The maximum Gasteiger partial charge on any atom is 0.416 e. The summed E-state index contributed by atoms with van der Waals surface area (Å²) in [6, 6.07) is 1.70. The van der Waals surface area contributed by atoms with Crippen LogP contribution in [0.15, 0.2) is 12.1 Å². The van der Waals surface area contributed by atoms with Crippen LogP contribution in [0.5, 0.6) is 0 Å². The minimum atomic E-state index is -4.43. The Bertz CT molecular complexity index is 368. The molecule has 4 nitrogen and oxygen atoms in total. The van der Waals surface area contributed by atoms with Gasteiger partial charge in [0, 0.05) is 13.2 Å². The Hall–Kier alpha value is -1.50. The van der Waals surface area contributed by atoms with Crippen molar-refractivity contribution in [3.8, 4) is 0 Å². The number of aromatic nitrogens is 1. The number of hydrogen-bond donors (Lipinski definition) is 3. The lowest BCUT2D eigenvalue weighted by atomic mass is 10.2. The molecule has 0 saturated carbocycles. The van der Waals surface area contributed by atoms with Crippen LogP contribution in [-0.2, 0) is 6.18 Å². The zero-order valence-corrected chi connectivity index (χ0v) is 9.09. The van der Waals surface area contributed by atoms with Crippen molar-refractivity contribution in [1.82, 2.24) is 4.98 Å². The highest BCUT2D eigenvalue weighted by Crippen LogP contribution is 2.31. The molecule has 0 fully saturated rings. The molecule has 0 spiro atoms. The van der Waals surface area contributed by atoms with Gasteiger partial charge in [0.1, 0.15) is 11.6 Å². The van der Waals surface area contributed by atoms with E-state index in [0.29, 0.717) is 19.4 Å². The first-order valence-corrected chi connectivity index (χ1v) is 5.13. The number of nitrogen functional groups attached to an aromatic ring is 1. The normalized spacial score (nSPS) is 11.5. The van der Waals surface area contributed by atoms with Gasteiger partial charge in [0.15, 0.2) is 0 Å². The van der Waals surface area contributed by atoms with Gasteiger partial charge in [-0.2, -0.15) is 13.2 Å². The van der Waals surface area contributed by atoms with Gasteiger partial charge in [0.2, 0.25) is 0 Å². The topological polar surface area (TPSA) is 71.2 Å². The summed E-state index contributed by atoms with van der Waals surface area (Å²) in [6.45, 7) is 0.494. The lowest BCUT2D eigenvalue weighted by molar-refractivity contribution is -0.137. The largest absolute Gasteiger partial charge is 0.416 e. The molecule has 1 aromatic rings. The van der Waals surface area contributed by atoms with Crippen molar-refractivity contribution in [2.45, 2.75) is 19.0 Å². The van der Waals surface area contributed by atoms with Crippen LogP contribution in [0.3, 0.4) is 0 Å². The first-order chi connectivity index (χ1) is 7.93. The molecule has 0 aromatic carbocycles. The first-order valence-electron chi connectivity index (χ1n) is 5.13. The second kappa shape index (κ2) is 5.72. The fourth-order valence-corrected chi connectivity index (χ4v) is 1.26. The number of rotatable bonds is 5. The Morgan fingerprint density at radius 2 is 2.00 bits per heavy atom. The maximum atomic E-state index is 12.4. The average Bonchev–Trinajstić information content (AvgIpc) is 2.22. The average molecular weight is 249 g/mol. The van der Waals surface area contributed by atoms with E-state index in [1.165, 1.54) is 0 Å². The Morgan fingerprint density at radius 1 is 1.29 bits per heavy atom. The molecule has 1 rings (SSSR count). The van der Waals surface area contributed by atoms with Crippen molar-refractivity contribution < 1.29 is 18.3 Å². The van der Waals surface area contributed by atoms with Crippen molar-refractivity contribution >= 4 is 11.6 Å². The van der Waals surface area contributed by atoms with E-state index in [-0.39, 0.29) is 18.2 Å². The molecule has 0 aliphatic rings. The summed E-state index contributed by atoms with van der Waals surface area (Å²) in [4.78, 5) is 3.75. The lowest BCUT2D eigenvalue weighted by Crippen LogP contribution is -2.10. The van der Waals surface area contributed by atoms with E-state index in [2.05, 4.69) is 10.3 Å². The van der Waals surface area contributed by atoms with Crippen molar-refractivity contribution in [3.05, 3.63) is 17.7 Å². The van der Waals surface area contributed by atoms with Gasteiger partial charge >= 0.3 is 6.18 Å². The summed E-state index contributed by atoms with van der Waals surface area (Å²) in [7, 11) is 0. The highest BCUT2D eigenvalue weighted by Gasteiger charge is 2.31. The highest BCUT2D eigenvalue weighted by atomic mass is 19.4. The second-order valence-electron chi connectivity index (χ2n) is 3.52. The van der Waals surface area contributed by atoms with E-state index in [9.17, 15) is 13.2 Å². The van der Waals surface area contributed by atoms with E-state index in [1.807, 2.05) is 0 Å². The monoisotopic (exact) mass is 249 g/mol. The predicted octanol–water partition coefficient (Wildman–Crippen LogP) is 1.87. The van der Waals surface area contributed by atoms with Crippen molar-refractivity contribution in [2.75, 3.05) is 24.2 Å². The van der Waals surface area contributed by atoms with Crippen LogP contribution >= 0.6 is 0 Å². The summed E-state index contributed by atoms with van der Waals surface area (Å²) in [6.07, 6.45) is -3.20. The van der Waals surface area contributed by atoms with Crippen molar-refractivity contribution in [3.63, 3.8) is 0 Å². The molecular formula is C10H14F3N3O. The smallest absolute Gasteiger partial charge is 0.396 e. The van der Waals surface area contributed by atoms with Crippen LogP contribution < -0.4 is 11.1 Å². The van der Waals surface area contributed by atoms with Crippen molar-refractivity contribution in [1.29, 1.82) is 0 Å². The third kappa shape index (κ3) is 4.48. The summed E-state index contributed by atoms with van der Waals surface area (Å²) >= 11 is 0. The molecule has 0 aliphatic heterocycles. The van der Waals surface area contributed by atoms with E-state index in [1.54, 1.807) is 0 Å². The number of nitrogens with one attached hydrogen (secondary N) is 1. The molecule has 0 aliphatic carbocycles. The van der Waals surface area contributed by atoms with Crippen LogP contribution in [0.25, 0.3) is 0 Å². The van der Waals surface area contributed by atoms with Gasteiger partial charge in [-0.15, -0.1) is 0 Å². The maximum absolute atomic E-state index is 12.4. The van der Waals surface area contributed by atoms with Crippen LogP contribution in [-0.4, -0.2) is 23.2 Å². The Labute approximate surface area is 96.7 Å². The molecule has 0 saturated heterocycles.